The third-order valence-electron chi connectivity index (χ3n) is 0.771. The Labute approximate surface area is 62.5 Å². The van der Waals surface area contributed by atoms with E-state index in [9.17, 15) is 17.6 Å². The molecule has 0 fully saturated rings. The number of allylic oxidation sites excluding steroid dienone is 1. The summed E-state index contributed by atoms with van der Waals surface area (Å²) in [5.74, 6) is -2.05. The van der Waals surface area contributed by atoms with Gasteiger partial charge in [-0.05, 0) is 0 Å². The zero-order valence-electron chi connectivity index (χ0n) is 6.54. The van der Waals surface area contributed by atoms with Crippen LogP contribution >= 0.6 is 0 Å². The third kappa shape index (κ3) is 4.78. The predicted molar refractivity (Wildman–Crippen MR) is 33.3 cm³/mol. The molecule has 0 amide bonds. The first-order valence-electron chi connectivity index (χ1n) is 2.89. The Kier molecular flexibility index (Phi) is 2.66. The summed E-state index contributed by atoms with van der Waals surface area (Å²) < 4.78 is 46.5. The van der Waals surface area contributed by atoms with Gasteiger partial charge in [0.25, 0.3) is 5.83 Å². The molecule has 1 nitrogen and oxygen atoms in total. The fourth-order valence-electron chi connectivity index (χ4n) is 0.413. The highest BCUT2D eigenvalue weighted by Crippen LogP contribution is 2.26. The van der Waals surface area contributed by atoms with E-state index in [0.29, 0.717) is 6.20 Å². The molecule has 0 aliphatic rings. The van der Waals surface area contributed by atoms with Crippen LogP contribution in [0.25, 0.3) is 0 Å². The summed E-state index contributed by atoms with van der Waals surface area (Å²) in [6.45, 7) is 0. The Morgan fingerprint density at radius 3 is 1.64 bits per heavy atom. The van der Waals surface area contributed by atoms with Crippen LogP contribution in [0.5, 0.6) is 0 Å². The molecule has 0 spiro atoms. The van der Waals surface area contributed by atoms with Crippen molar-refractivity contribution < 1.29 is 22.0 Å². The molecule has 5 heteroatoms. The minimum absolute atomic E-state index is 0.189. The number of rotatable bonds is 1. The summed E-state index contributed by atoms with van der Waals surface area (Å²) in [6, 6.07) is 0. The molecule has 0 heterocycles. The molecular formula is C6H10F4N+. The van der Waals surface area contributed by atoms with Crippen molar-refractivity contribution in [3.05, 3.63) is 12.0 Å². The monoisotopic (exact) mass is 172 g/mol. The standard InChI is InChI=1S/C6H10F4N/c1-11(2,3)4-5(7)6(8,9)10/h4H,1-3H3/q+1/b5-4-. The molecule has 0 aliphatic carbocycles. The Bertz CT molecular complexity index is 162. The highest BCUT2D eigenvalue weighted by molar-refractivity contribution is 4.93. The van der Waals surface area contributed by atoms with Gasteiger partial charge in [-0.1, -0.05) is 0 Å². The number of hydrogen-bond acceptors (Lipinski definition) is 0. The van der Waals surface area contributed by atoms with Gasteiger partial charge in [0.05, 0.1) is 21.1 Å². The molecule has 0 radical (unpaired) electrons. The van der Waals surface area contributed by atoms with Gasteiger partial charge in [0.2, 0.25) is 0 Å². The lowest BCUT2D eigenvalue weighted by molar-refractivity contribution is -0.818. The second-order valence-corrected chi connectivity index (χ2v) is 3.09. The van der Waals surface area contributed by atoms with Gasteiger partial charge in [-0.25, -0.2) is 0 Å². The Morgan fingerprint density at radius 2 is 1.55 bits per heavy atom. The largest absolute Gasteiger partial charge is 0.448 e. The molecule has 0 rings (SSSR count). The Morgan fingerprint density at radius 1 is 1.18 bits per heavy atom. The van der Waals surface area contributed by atoms with Crippen LogP contribution in [0, 0.1) is 0 Å². The van der Waals surface area contributed by atoms with Crippen LogP contribution in [0.4, 0.5) is 17.6 Å². The quantitative estimate of drug-likeness (QED) is 0.419. The molecule has 0 saturated heterocycles. The van der Waals surface area contributed by atoms with Crippen molar-refractivity contribution in [1.29, 1.82) is 0 Å². The summed E-state index contributed by atoms with van der Waals surface area (Å²) in [5, 5.41) is 0. The number of hydrogen-bond donors (Lipinski definition) is 0. The molecule has 0 aromatic heterocycles. The maximum Gasteiger partial charge on any atom is 0.448 e. The smallest absolute Gasteiger partial charge is 0.302 e. The van der Waals surface area contributed by atoms with Gasteiger partial charge in [-0.15, -0.1) is 0 Å². The fourth-order valence-corrected chi connectivity index (χ4v) is 0.413. The number of alkyl halides is 3. The number of quaternary nitrogens is 1. The zero-order valence-corrected chi connectivity index (χ0v) is 6.54. The Balaban J connectivity index is 4.49. The molecule has 0 aromatic rings. The summed E-state index contributed by atoms with van der Waals surface area (Å²) in [7, 11) is 4.31. The van der Waals surface area contributed by atoms with Crippen molar-refractivity contribution in [2.45, 2.75) is 6.18 Å². The normalized spacial score (nSPS) is 15.4. The van der Waals surface area contributed by atoms with Gasteiger partial charge in [0, 0.05) is 0 Å². The first kappa shape index (κ1) is 10.4. The van der Waals surface area contributed by atoms with Crippen LogP contribution in [-0.4, -0.2) is 31.8 Å². The van der Waals surface area contributed by atoms with E-state index in [4.69, 9.17) is 0 Å². The molecule has 0 atom stereocenters. The van der Waals surface area contributed by atoms with Gasteiger partial charge in [-0.2, -0.15) is 17.6 Å². The molecule has 0 unspecified atom stereocenters. The highest BCUT2D eigenvalue weighted by atomic mass is 19.4. The van der Waals surface area contributed by atoms with Crippen molar-refractivity contribution in [3.8, 4) is 0 Å². The summed E-state index contributed by atoms with van der Waals surface area (Å²) in [6.07, 6.45) is -4.36. The van der Waals surface area contributed by atoms with Gasteiger partial charge in [0.1, 0.15) is 6.20 Å². The molecule has 66 valence electrons. The van der Waals surface area contributed by atoms with Crippen LogP contribution in [0.3, 0.4) is 0 Å². The van der Waals surface area contributed by atoms with Gasteiger partial charge in [-0.3, -0.25) is 0 Å². The van der Waals surface area contributed by atoms with E-state index in [1.54, 1.807) is 0 Å². The van der Waals surface area contributed by atoms with Crippen LogP contribution in [0.2, 0.25) is 0 Å². The second kappa shape index (κ2) is 2.81. The van der Waals surface area contributed by atoms with Gasteiger partial charge >= 0.3 is 6.18 Å². The lowest BCUT2D eigenvalue weighted by Gasteiger charge is -2.18. The summed E-state index contributed by atoms with van der Waals surface area (Å²) >= 11 is 0. The first-order valence-corrected chi connectivity index (χ1v) is 2.89. The van der Waals surface area contributed by atoms with Crippen LogP contribution in [-0.2, 0) is 0 Å². The first-order chi connectivity index (χ1) is 4.63. The maximum absolute atomic E-state index is 12.1. The van der Waals surface area contributed by atoms with Gasteiger partial charge < -0.3 is 4.48 Å². The van der Waals surface area contributed by atoms with Gasteiger partial charge in [0.15, 0.2) is 0 Å². The molecule has 0 saturated carbocycles. The lowest BCUT2D eigenvalue weighted by Crippen LogP contribution is -2.29. The van der Waals surface area contributed by atoms with E-state index in [1.807, 2.05) is 0 Å². The summed E-state index contributed by atoms with van der Waals surface area (Å²) in [4.78, 5) is 0. The molecule has 11 heavy (non-hydrogen) atoms. The van der Waals surface area contributed by atoms with Crippen LogP contribution in [0.15, 0.2) is 12.0 Å². The summed E-state index contributed by atoms with van der Waals surface area (Å²) in [5.41, 5.74) is 0. The number of nitrogens with zero attached hydrogens (tertiary/aromatic N) is 1. The van der Waals surface area contributed by atoms with E-state index in [2.05, 4.69) is 0 Å². The topological polar surface area (TPSA) is 0 Å². The van der Waals surface area contributed by atoms with Crippen molar-refractivity contribution in [2.75, 3.05) is 21.1 Å². The van der Waals surface area contributed by atoms with Crippen molar-refractivity contribution in [2.24, 2.45) is 0 Å². The van der Waals surface area contributed by atoms with E-state index in [-0.39, 0.29) is 4.48 Å². The van der Waals surface area contributed by atoms with E-state index in [0.717, 1.165) is 0 Å². The maximum atomic E-state index is 12.1. The van der Waals surface area contributed by atoms with E-state index >= 15 is 0 Å². The highest BCUT2D eigenvalue weighted by Gasteiger charge is 2.37. The van der Waals surface area contributed by atoms with Crippen LogP contribution < -0.4 is 0 Å². The zero-order chi connectivity index (χ0) is 9.28. The van der Waals surface area contributed by atoms with Crippen molar-refractivity contribution in [1.82, 2.24) is 0 Å². The second-order valence-electron chi connectivity index (χ2n) is 3.09. The number of halogens is 4. The Hall–Kier alpha value is -0.580. The van der Waals surface area contributed by atoms with E-state index < -0.39 is 12.0 Å². The molecule has 0 N–H and O–H groups in total. The fraction of sp³-hybridized carbons (Fsp3) is 0.667. The molecular weight excluding hydrogens is 162 g/mol. The van der Waals surface area contributed by atoms with E-state index in [1.165, 1.54) is 21.1 Å². The molecule has 0 bridgehead atoms. The SMILES string of the molecule is C[N+](C)(C)/C=C(\F)C(F)(F)F. The average Bonchev–Trinajstić information content (AvgIpc) is 1.56. The van der Waals surface area contributed by atoms with Crippen molar-refractivity contribution >= 4 is 0 Å². The van der Waals surface area contributed by atoms with Crippen molar-refractivity contribution in [3.63, 3.8) is 0 Å². The third-order valence-corrected chi connectivity index (χ3v) is 0.771. The predicted octanol–water partition coefficient (Wildman–Crippen LogP) is 2.07. The molecule has 0 aliphatic heterocycles. The molecule has 0 aromatic carbocycles. The lowest BCUT2D eigenvalue weighted by atomic mass is 10.5. The minimum Gasteiger partial charge on any atom is -0.302 e. The average molecular weight is 172 g/mol. The minimum atomic E-state index is -4.86. The van der Waals surface area contributed by atoms with Crippen LogP contribution in [0.1, 0.15) is 0 Å².